The maximum Gasteiger partial charge on any atom is 0.166 e. The smallest absolute Gasteiger partial charge is 0.166 e. The zero-order chi connectivity index (χ0) is 19.2. The highest BCUT2D eigenvalue weighted by Gasteiger charge is 2.12. The Hall–Kier alpha value is -2.43. The van der Waals surface area contributed by atoms with Crippen molar-refractivity contribution in [2.75, 3.05) is 12.4 Å². The topological polar surface area (TPSA) is 30.5 Å². The second-order valence-electron chi connectivity index (χ2n) is 5.84. The van der Waals surface area contributed by atoms with Gasteiger partial charge in [-0.3, -0.25) is 0 Å². The molecular weight excluding hydrogens is 388 g/mol. The van der Waals surface area contributed by atoms with Crippen molar-refractivity contribution in [3.63, 3.8) is 0 Å². The van der Waals surface area contributed by atoms with Crippen LogP contribution in [0.4, 0.5) is 10.1 Å². The molecular formula is C21H18Cl2FNO2. The molecule has 0 atom stereocenters. The van der Waals surface area contributed by atoms with Crippen LogP contribution in [0.2, 0.25) is 10.0 Å². The van der Waals surface area contributed by atoms with Crippen LogP contribution in [0.1, 0.15) is 11.1 Å². The molecule has 0 heterocycles. The number of hydrogen-bond donors (Lipinski definition) is 1. The van der Waals surface area contributed by atoms with E-state index in [0.29, 0.717) is 33.7 Å². The van der Waals surface area contributed by atoms with Gasteiger partial charge in [0.05, 0.1) is 7.11 Å². The van der Waals surface area contributed by atoms with E-state index in [1.807, 2.05) is 12.1 Å². The maximum absolute atomic E-state index is 13.9. The molecule has 3 rings (SSSR count). The molecule has 0 saturated heterocycles. The van der Waals surface area contributed by atoms with Gasteiger partial charge in [-0.2, -0.15) is 0 Å². The van der Waals surface area contributed by atoms with E-state index in [4.69, 9.17) is 32.7 Å². The lowest BCUT2D eigenvalue weighted by Crippen LogP contribution is -2.06. The zero-order valence-corrected chi connectivity index (χ0v) is 16.1. The fraction of sp³-hybridized carbons (Fsp3) is 0.143. The summed E-state index contributed by atoms with van der Waals surface area (Å²) < 4.78 is 25.2. The van der Waals surface area contributed by atoms with Crippen molar-refractivity contribution < 1.29 is 13.9 Å². The van der Waals surface area contributed by atoms with Gasteiger partial charge in [-0.05, 0) is 30.3 Å². The first kappa shape index (κ1) is 19.3. The van der Waals surface area contributed by atoms with E-state index in [9.17, 15) is 4.39 Å². The molecule has 0 aromatic heterocycles. The number of nitrogens with one attached hydrogen (secondary N) is 1. The number of halogens is 3. The number of anilines is 1. The van der Waals surface area contributed by atoms with Crippen LogP contribution in [0.25, 0.3) is 0 Å². The zero-order valence-electron chi connectivity index (χ0n) is 14.6. The van der Waals surface area contributed by atoms with Crippen LogP contribution in [0.5, 0.6) is 11.5 Å². The minimum absolute atomic E-state index is 0.100. The van der Waals surface area contributed by atoms with Crippen LogP contribution in [-0.2, 0) is 13.2 Å². The molecule has 1 N–H and O–H groups in total. The summed E-state index contributed by atoms with van der Waals surface area (Å²) in [6.07, 6.45) is 0. The van der Waals surface area contributed by atoms with Crippen molar-refractivity contribution in [3.8, 4) is 11.5 Å². The van der Waals surface area contributed by atoms with Crippen LogP contribution in [0.3, 0.4) is 0 Å². The van der Waals surface area contributed by atoms with Crippen LogP contribution in [-0.4, -0.2) is 7.11 Å². The lowest BCUT2D eigenvalue weighted by atomic mass is 10.1. The van der Waals surface area contributed by atoms with Crippen LogP contribution in [0, 0.1) is 5.82 Å². The number of rotatable bonds is 7. The van der Waals surface area contributed by atoms with Gasteiger partial charge >= 0.3 is 0 Å². The van der Waals surface area contributed by atoms with Gasteiger partial charge in [0.15, 0.2) is 11.5 Å². The molecule has 0 aliphatic rings. The normalized spacial score (nSPS) is 10.5. The quantitative estimate of drug-likeness (QED) is 0.497. The summed E-state index contributed by atoms with van der Waals surface area (Å²) >= 11 is 12.1. The van der Waals surface area contributed by atoms with Crippen molar-refractivity contribution in [1.29, 1.82) is 0 Å². The number of hydrogen-bond acceptors (Lipinski definition) is 3. The third kappa shape index (κ3) is 5.06. The number of benzene rings is 3. The Bertz CT molecular complexity index is 914. The van der Waals surface area contributed by atoms with E-state index in [1.54, 1.807) is 49.6 Å². The summed E-state index contributed by atoms with van der Waals surface area (Å²) in [6, 6.07) is 17.3. The highest BCUT2D eigenvalue weighted by molar-refractivity contribution is 6.35. The molecule has 3 aromatic rings. The molecule has 0 fully saturated rings. The summed E-state index contributed by atoms with van der Waals surface area (Å²) in [7, 11) is 1.57. The minimum atomic E-state index is -0.305. The number of ether oxygens (including phenoxy) is 2. The van der Waals surface area contributed by atoms with E-state index in [-0.39, 0.29) is 12.4 Å². The Balaban J connectivity index is 1.79. The van der Waals surface area contributed by atoms with Crippen LogP contribution < -0.4 is 14.8 Å². The van der Waals surface area contributed by atoms with Crippen LogP contribution >= 0.6 is 23.2 Å². The first-order valence-corrected chi connectivity index (χ1v) is 9.04. The van der Waals surface area contributed by atoms with E-state index in [0.717, 1.165) is 11.3 Å². The summed E-state index contributed by atoms with van der Waals surface area (Å²) in [4.78, 5) is 0. The standard InChI is InChI=1S/C21H18Cl2FNO2/c1-26-20-8-4-6-14(12-25-18-10-16(22)9-17(23)11-18)21(20)27-13-15-5-2-3-7-19(15)24/h2-11,25H,12-13H2,1H3. The van der Waals surface area contributed by atoms with Crippen molar-refractivity contribution in [3.05, 3.63) is 87.7 Å². The van der Waals surface area contributed by atoms with Gasteiger partial charge in [0.25, 0.3) is 0 Å². The molecule has 0 aliphatic heterocycles. The number of methoxy groups -OCH3 is 1. The van der Waals surface area contributed by atoms with Gasteiger partial charge in [0.2, 0.25) is 0 Å². The van der Waals surface area contributed by atoms with Crippen LogP contribution in [0.15, 0.2) is 60.7 Å². The summed E-state index contributed by atoms with van der Waals surface area (Å²) in [5, 5.41) is 4.36. The molecule has 0 amide bonds. The second-order valence-corrected chi connectivity index (χ2v) is 6.71. The van der Waals surface area contributed by atoms with Crippen molar-refractivity contribution in [2.24, 2.45) is 0 Å². The van der Waals surface area contributed by atoms with Gasteiger partial charge < -0.3 is 14.8 Å². The summed E-state index contributed by atoms with van der Waals surface area (Å²) in [6.45, 7) is 0.559. The molecule has 0 saturated carbocycles. The Morgan fingerprint density at radius 1 is 0.926 bits per heavy atom. The maximum atomic E-state index is 13.9. The van der Waals surface area contributed by atoms with Crippen molar-refractivity contribution in [2.45, 2.75) is 13.2 Å². The van der Waals surface area contributed by atoms with Gasteiger partial charge in [-0.1, -0.05) is 53.5 Å². The van der Waals surface area contributed by atoms with Gasteiger partial charge in [0.1, 0.15) is 12.4 Å². The van der Waals surface area contributed by atoms with E-state index >= 15 is 0 Å². The lowest BCUT2D eigenvalue weighted by molar-refractivity contribution is 0.277. The van der Waals surface area contributed by atoms with Crippen molar-refractivity contribution in [1.82, 2.24) is 0 Å². The molecule has 3 nitrogen and oxygen atoms in total. The van der Waals surface area contributed by atoms with Gasteiger partial charge in [-0.15, -0.1) is 0 Å². The largest absolute Gasteiger partial charge is 0.493 e. The van der Waals surface area contributed by atoms with E-state index in [2.05, 4.69) is 5.32 Å². The predicted molar refractivity (Wildman–Crippen MR) is 108 cm³/mol. The molecule has 0 spiro atoms. The molecule has 0 unspecified atom stereocenters. The van der Waals surface area contributed by atoms with Crippen molar-refractivity contribution >= 4 is 28.9 Å². The Morgan fingerprint density at radius 3 is 2.33 bits per heavy atom. The second kappa shape index (κ2) is 8.98. The molecule has 6 heteroatoms. The fourth-order valence-corrected chi connectivity index (χ4v) is 3.17. The molecule has 140 valence electrons. The average molecular weight is 406 g/mol. The Kier molecular flexibility index (Phi) is 6.43. The molecule has 3 aromatic carbocycles. The predicted octanol–water partition coefficient (Wildman–Crippen LogP) is 6.33. The Morgan fingerprint density at radius 2 is 1.63 bits per heavy atom. The summed E-state index contributed by atoms with van der Waals surface area (Å²) in [5.41, 5.74) is 2.13. The molecule has 0 bridgehead atoms. The lowest BCUT2D eigenvalue weighted by Gasteiger charge is -2.16. The highest BCUT2D eigenvalue weighted by atomic mass is 35.5. The van der Waals surface area contributed by atoms with E-state index < -0.39 is 0 Å². The minimum Gasteiger partial charge on any atom is -0.493 e. The third-order valence-electron chi connectivity index (χ3n) is 3.96. The average Bonchev–Trinajstić information content (AvgIpc) is 2.65. The molecule has 0 radical (unpaired) electrons. The number of para-hydroxylation sites is 1. The SMILES string of the molecule is COc1cccc(CNc2cc(Cl)cc(Cl)c2)c1OCc1ccccc1F. The van der Waals surface area contributed by atoms with Gasteiger partial charge in [-0.25, -0.2) is 4.39 Å². The molecule has 0 aliphatic carbocycles. The third-order valence-corrected chi connectivity index (χ3v) is 4.39. The van der Waals surface area contributed by atoms with E-state index in [1.165, 1.54) is 6.07 Å². The van der Waals surface area contributed by atoms with Gasteiger partial charge in [0, 0.05) is 33.4 Å². The Labute approximate surface area is 167 Å². The fourth-order valence-electron chi connectivity index (χ4n) is 2.64. The first-order chi connectivity index (χ1) is 13.1. The monoisotopic (exact) mass is 405 g/mol. The molecule has 27 heavy (non-hydrogen) atoms. The first-order valence-electron chi connectivity index (χ1n) is 8.29. The summed E-state index contributed by atoms with van der Waals surface area (Å²) in [5.74, 6) is 0.833. The highest BCUT2D eigenvalue weighted by Crippen LogP contribution is 2.33.